The van der Waals surface area contributed by atoms with Crippen LogP contribution in [0.1, 0.15) is 33.6 Å². The summed E-state index contributed by atoms with van der Waals surface area (Å²) in [6.45, 7) is 15.6. The second kappa shape index (κ2) is 22.6. The summed E-state index contributed by atoms with van der Waals surface area (Å²) in [6.07, 6.45) is 2.59. The minimum atomic E-state index is -0.883. The van der Waals surface area contributed by atoms with Crippen LogP contribution in [0, 0.1) is 0 Å². The first-order chi connectivity index (χ1) is 11.9. The molecule has 0 radical (unpaired) electrons. The third kappa shape index (κ3) is 37.7. The van der Waals surface area contributed by atoms with Crippen molar-refractivity contribution in [3.63, 3.8) is 0 Å². The number of aliphatic carboxylic acids is 1. The van der Waals surface area contributed by atoms with Crippen LogP contribution in [-0.2, 0) is 23.9 Å². The van der Waals surface area contributed by atoms with Gasteiger partial charge in [0.05, 0.1) is 13.7 Å². The van der Waals surface area contributed by atoms with Crippen molar-refractivity contribution < 1.29 is 29.0 Å². The van der Waals surface area contributed by atoms with Crippen molar-refractivity contribution in [1.29, 1.82) is 0 Å². The quantitative estimate of drug-likeness (QED) is 0.565. The Morgan fingerprint density at radius 1 is 1.12 bits per heavy atom. The van der Waals surface area contributed by atoms with Crippen LogP contribution in [0.3, 0.4) is 0 Å². The Morgan fingerprint density at radius 3 is 1.62 bits per heavy atom. The van der Waals surface area contributed by atoms with Crippen LogP contribution in [0.4, 0.5) is 0 Å². The highest BCUT2D eigenvalue weighted by Crippen LogP contribution is 1.99. The zero-order chi connectivity index (χ0) is 21.7. The number of hydrogen-bond acceptors (Lipinski definition) is 6. The second-order valence-electron chi connectivity index (χ2n) is 5.23. The Bertz CT molecular complexity index is 437. The number of ether oxygens (including phenoxy) is 2. The average Bonchev–Trinajstić information content (AvgIpc) is 2.54. The van der Waals surface area contributed by atoms with Crippen molar-refractivity contribution in [1.82, 2.24) is 4.90 Å². The lowest BCUT2D eigenvalue weighted by atomic mass is 10.2. The lowest BCUT2D eigenvalue weighted by Gasteiger charge is -1.92. The summed E-state index contributed by atoms with van der Waals surface area (Å²) in [4.78, 5) is 32.3. The van der Waals surface area contributed by atoms with Crippen LogP contribution >= 0.6 is 0 Å². The number of carboxylic acid groups (broad SMARTS) is 1. The molecule has 0 aromatic carbocycles. The predicted octanol–water partition coefficient (Wildman–Crippen LogP) is 3.08. The molecule has 0 spiro atoms. The molecule has 0 bridgehead atoms. The lowest BCUT2D eigenvalue weighted by Crippen LogP contribution is -1.99. The normalized spacial score (nSPS) is 8.15. The number of carbonyl (C=O) groups is 3. The Balaban J connectivity index is -0.000000127. The van der Waals surface area contributed by atoms with E-state index >= 15 is 0 Å². The molecule has 0 atom stereocenters. The third-order valence-corrected chi connectivity index (χ3v) is 1.84. The molecule has 0 fully saturated rings. The number of nitrogens with zero attached hydrogens (tertiary/aromatic N) is 1. The maximum Gasteiger partial charge on any atom is 0.332 e. The summed E-state index contributed by atoms with van der Waals surface area (Å²) in [5.41, 5.74) is 0.731. The van der Waals surface area contributed by atoms with Crippen molar-refractivity contribution >= 4 is 17.9 Å². The van der Waals surface area contributed by atoms with Crippen LogP contribution in [0.5, 0.6) is 0 Å². The fraction of sp³-hybridized carbons (Fsp3) is 0.526. The molecule has 0 aliphatic rings. The Labute approximate surface area is 158 Å². The molecular formula is C19H35NO6. The molecule has 7 heteroatoms. The molecule has 0 saturated heterocycles. The van der Waals surface area contributed by atoms with Gasteiger partial charge >= 0.3 is 17.9 Å². The topological polar surface area (TPSA) is 93.1 Å². The molecular weight excluding hydrogens is 338 g/mol. The van der Waals surface area contributed by atoms with E-state index in [1.54, 1.807) is 13.8 Å². The number of carboxylic acids is 1. The van der Waals surface area contributed by atoms with Gasteiger partial charge in [0.2, 0.25) is 0 Å². The lowest BCUT2D eigenvalue weighted by molar-refractivity contribution is -0.137. The maximum atomic E-state index is 10.2. The Morgan fingerprint density at radius 2 is 1.54 bits per heavy atom. The number of methoxy groups -OCH3 is 1. The van der Waals surface area contributed by atoms with Crippen molar-refractivity contribution in [2.75, 3.05) is 34.9 Å². The molecule has 0 unspecified atom stereocenters. The summed E-state index contributed by atoms with van der Waals surface area (Å²) in [5.74, 6) is -1.59. The van der Waals surface area contributed by atoms with E-state index in [1.165, 1.54) is 7.11 Å². The zero-order valence-corrected chi connectivity index (χ0v) is 17.3. The van der Waals surface area contributed by atoms with E-state index in [1.807, 2.05) is 33.0 Å². The highest BCUT2D eigenvalue weighted by atomic mass is 16.5. The van der Waals surface area contributed by atoms with Crippen LogP contribution in [0.25, 0.3) is 0 Å². The van der Waals surface area contributed by atoms with Crippen molar-refractivity contribution in [2.24, 2.45) is 0 Å². The molecule has 0 heterocycles. The largest absolute Gasteiger partial charge is 0.478 e. The van der Waals surface area contributed by atoms with Gasteiger partial charge in [-0.05, 0) is 41.4 Å². The minimum absolute atomic E-state index is 0.299. The number of rotatable bonds is 6. The van der Waals surface area contributed by atoms with Crippen molar-refractivity contribution in [3.05, 3.63) is 37.0 Å². The SMILES string of the molecule is C=C(C)C(=O)OC.C=C(CCC)C(=O)O.C=CC(=O)OCC.CN(C)C. The average molecular weight is 373 g/mol. The van der Waals surface area contributed by atoms with Crippen LogP contribution in [0.15, 0.2) is 37.0 Å². The molecule has 26 heavy (non-hydrogen) atoms. The van der Waals surface area contributed by atoms with Crippen LogP contribution < -0.4 is 0 Å². The molecule has 0 aliphatic carbocycles. The molecule has 7 nitrogen and oxygen atoms in total. The summed E-state index contributed by atoms with van der Waals surface area (Å²) in [5, 5.41) is 8.21. The fourth-order valence-electron chi connectivity index (χ4n) is 0.784. The molecule has 0 saturated carbocycles. The monoisotopic (exact) mass is 373 g/mol. The number of carbonyl (C=O) groups excluding carboxylic acids is 2. The summed E-state index contributed by atoms with van der Waals surface area (Å²) in [6, 6.07) is 0. The highest BCUT2D eigenvalue weighted by Gasteiger charge is 1.99. The number of hydrogen-bond donors (Lipinski definition) is 1. The summed E-state index contributed by atoms with van der Waals surface area (Å²) < 4.78 is 8.71. The van der Waals surface area contributed by atoms with Crippen LogP contribution in [-0.4, -0.2) is 62.8 Å². The van der Waals surface area contributed by atoms with Gasteiger partial charge < -0.3 is 19.5 Å². The number of esters is 2. The van der Waals surface area contributed by atoms with Gasteiger partial charge in [0.1, 0.15) is 0 Å². The molecule has 0 amide bonds. The van der Waals surface area contributed by atoms with Gasteiger partial charge in [-0.25, -0.2) is 14.4 Å². The first-order valence-corrected chi connectivity index (χ1v) is 7.95. The second-order valence-corrected chi connectivity index (χ2v) is 5.23. The zero-order valence-electron chi connectivity index (χ0n) is 17.3. The van der Waals surface area contributed by atoms with Gasteiger partial charge in [-0.3, -0.25) is 0 Å². The van der Waals surface area contributed by atoms with Gasteiger partial charge in [0.15, 0.2) is 0 Å². The van der Waals surface area contributed by atoms with E-state index in [0.29, 0.717) is 24.2 Å². The predicted molar refractivity (Wildman–Crippen MR) is 105 cm³/mol. The van der Waals surface area contributed by atoms with Gasteiger partial charge in [0.25, 0.3) is 0 Å². The smallest absolute Gasteiger partial charge is 0.332 e. The van der Waals surface area contributed by atoms with Gasteiger partial charge in [-0.2, -0.15) is 0 Å². The van der Waals surface area contributed by atoms with E-state index in [9.17, 15) is 14.4 Å². The van der Waals surface area contributed by atoms with E-state index in [-0.39, 0.29) is 11.9 Å². The summed E-state index contributed by atoms with van der Waals surface area (Å²) in [7, 11) is 7.33. The molecule has 0 aliphatic heterocycles. The summed E-state index contributed by atoms with van der Waals surface area (Å²) >= 11 is 0. The van der Waals surface area contributed by atoms with Crippen LogP contribution in [0.2, 0.25) is 0 Å². The fourth-order valence-corrected chi connectivity index (χ4v) is 0.784. The van der Waals surface area contributed by atoms with E-state index in [2.05, 4.69) is 29.2 Å². The molecule has 0 aromatic heterocycles. The van der Waals surface area contributed by atoms with E-state index < -0.39 is 5.97 Å². The first kappa shape index (κ1) is 31.4. The molecule has 0 rings (SSSR count). The first-order valence-electron chi connectivity index (χ1n) is 7.95. The molecule has 0 aromatic rings. The molecule has 1 N–H and O–H groups in total. The van der Waals surface area contributed by atoms with Gasteiger partial charge in [-0.1, -0.05) is 33.1 Å². The third-order valence-electron chi connectivity index (χ3n) is 1.84. The molecule has 152 valence electrons. The van der Waals surface area contributed by atoms with Gasteiger partial charge in [-0.15, -0.1) is 0 Å². The van der Waals surface area contributed by atoms with E-state index in [4.69, 9.17) is 5.11 Å². The van der Waals surface area contributed by atoms with Crippen molar-refractivity contribution in [2.45, 2.75) is 33.6 Å². The minimum Gasteiger partial charge on any atom is -0.478 e. The maximum absolute atomic E-state index is 10.2. The van der Waals surface area contributed by atoms with Crippen molar-refractivity contribution in [3.8, 4) is 0 Å². The Hall–Kier alpha value is -2.41. The standard InChI is InChI=1S/C6H10O2.2C5H8O2.C3H9N/c1-3-4-5(2)6(7)8;1-4(2)5(6)7-3;1-3-5(6)7-4-2;1-4(2)3/h2-4H2,1H3,(H,7,8);1H2,2-3H3;3H,1,4H2,2H3;1-3H3. The van der Waals surface area contributed by atoms with Gasteiger partial charge in [0, 0.05) is 17.2 Å². The van der Waals surface area contributed by atoms with E-state index in [0.717, 1.165) is 12.5 Å². The highest BCUT2D eigenvalue weighted by molar-refractivity contribution is 5.86. The Kier molecular flexibility index (Phi) is 27.3.